The van der Waals surface area contributed by atoms with Crippen molar-refractivity contribution in [3.05, 3.63) is 22.4 Å². The SMILES string of the molecule is CCCC1(c2cccs2)CCN(C)C1. The Labute approximate surface area is 90.7 Å². The molecule has 0 saturated carbocycles. The van der Waals surface area contributed by atoms with E-state index in [1.54, 1.807) is 4.88 Å². The molecule has 14 heavy (non-hydrogen) atoms. The quantitative estimate of drug-likeness (QED) is 0.739. The summed E-state index contributed by atoms with van der Waals surface area (Å²) in [4.78, 5) is 4.07. The molecule has 0 amide bonds. The van der Waals surface area contributed by atoms with Gasteiger partial charge in [0.2, 0.25) is 0 Å². The Balaban J connectivity index is 2.23. The molecule has 0 N–H and O–H groups in total. The van der Waals surface area contributed by atoms with Gasteiger partial charge < -0.3 is 4.90 Å². The summed E-state index contributed by atoms with van der Waals surface area (Å²) in [5.41, 5.74) is 0.484. The Morgan fingerprint density at radius 3 is 2.93 bits per heavy atom. The molecule has 1 fully saturated rings. The maximum atomic E-state index is 2.47. The van der Waals surface area contributed by atoms with Crippen molar-refractivity contribution in [1.29, 1.82) is 0 Å². The molecule has 2 rings (SSSR count). The lowest BCUT2D eigenvalue weighted by molar-refractivity contribution is 0.355. The van der Waals surface area contributed by atoms with Crippen LogP contribution in [-0.2, 0) is 5.41 Å². The number of likely N-dealkylation sites (tertiary alicyclic amines) is 1. The number of hydrogen-bond acceptors (Lipinski definition) is 2. The summed E-state index contributed by atoms with van der Waals surface area (Å²) < 4.78 is 0. The molecule has 0 aliphatic carbocycles. The molecule has 0 bridgehead atoms. The van der Waals surface area contributed by atoms with Crippen LogP contribution in [0.1, 0.15) is 31.1 Å². The average Bonchev–Trinajstić information content (AvgIpc) is 2.75. The van der Waals surface area contributed by atoms with E-state index >= 15 is 0 Å². The second-order valence-corrected chi connectivity index (χ2v) is 5.44. The van der Waals surface area contributed by atoms with Gasteiger partial charge in [-0.15, -0.1) is 11.3 Å². The lowest BCUT2D eigenvalue weighted by Crippen LogP contribution is -2.28. The smallest absolute Gasteiger partial charge is 0.0186 e. The first kappa shape index (κ1) is 10.2. The minimum Gasteiger partial charge on any atom is -0.305 e. The molecule has 1 atom stereocenters. The molecule has 0 radical (unpaired) electrons. The first-order chi connectivity index (χ1) is 6.77. The van der Waals surface area contributed by atoms with Crippen molar-refractivity contribution in [2.24, 2.45) is 0 Å². The molecule has 78 valence electrons. The predicted molar refractivity (Wildman–Crippen MR) is 63.0 cm³/mol. The third-order valence-corrected chi connectivity index (χ3v) is 4.43. The van der Waals surface area contributed by atoms with Crippen LogP contribution in [0.15, 0.2) is 17.5 Å². The maximum absolute atomic E-state index is 2.47. The second kappa shape index (κ2) is 4.03. The van der Waals surface area contributed by atoms with Gasteiger partial charge in [-0.05, 0) is 37.9 Å². The second-order valence-electron chi connectivity index (χ2n) is 4.50. The monoisotopic (exact) mass is 209 g/mol. The summed E-state index contributed by atoms with van der Waals surface area (Å²) in [6.45, 7) is 4.81. The van der Waals surface area contributed by atoms with Gasteiger partial charge in [-0.25, -0.2) is 0 Å². The van der Waals surface area contributed by atoms with Crippen molar-refractivity contribution >= 4 is 11.3 Å². The molecule has 1 aromatic rings. The van der Waals surface area contributed by atoms with Crippen LogP contribution < -0.4 is 0 Å². The summed E-state index contributed by atoms with van der Waals surface area (Å²) >= 11 is 1.93. The number of rotatable bonds is 3. The zero-order valence-corrected chi connectivity index (χ0v) is 9.94. The minimum absolute atomic E-state index is 0.484. The highest BCUT2D eigenvalue weighted by Gasteiger charge is 2.37. The van der Waals surface area contributed by atoms with Crippen LogP contribution in [0.25, 0.3) is 0 Å². The van der Waals surface area contributed by atoms with Crippen LogP contribution in [0.3, 0.4) is 0 Å². The summed E-state index contributed by atoms with van der Waals surface area (Å²) in [5, 5.41) is 2.21. The highest BCUT2D eigenvalue weighted by molar-refractivity contribution is 7.10. The van der Waals surface area contributed by atoms with Gasteiger partial charge in [-0.1, -0.05) is 19.4 Å². The Morgan fingerprint density at radius 2 is 2.43 bits per heavy atom. The molecule has 1 aromatic heterocycles. The van der Waals surface area contributed by atoms with Crippen molar-refractivity contribution in [2.45, 2.75) is 31.6 Å². The van der Waals surface area contributed by atoms with Gasteiger partial charge in [0, 0.05) is 16.8 Å². The van der Waals surface area contributed by atoms with Crippen molar-refractivity contribution < 1.29 is 0 Å². The van der Waals surface area contributed by atoms with E-state index in [9.17, 15) is 0 Å². The van der Waals surface area contributed by atoms with E-state index in [1.807, 2.05) is 11.3 Å². The number of likely N-dealkylation sites (N-methyl/N-ethyl adjacent to an activating group) is 1. The van der Waals surface area contributed by atoms with Gasteiger partial charge in [0.15, 0.2) is 0 Å². The van der Waals surface area contributed by atoms with E-state index in [-0.39, 0.29) is 0 Å². The third kappa shape index (κ3) is 1.73. The molecule has 0 spiro atoms. The first-order valence-electron chi connectivity index (χ1n) is 5.49. The van der Waals surface area contributed by atoms with E-state index in [2.05, 4.69) is 36.4 Å². The lowest BCUT2D eigenvalue weighted by atomic mass is 9.81. The van der Waals surface area contributed by atoms with Gasteiger partial charge in [0.05, 0.1) is 0 Å². The van der Waals surface area contributed by atoms with Crippen molar-refractivity contribution in [3.8, 4) is 0 Å². The Bertz CT molecular complexity index is 277. The highest BCUT2D eigenvalue weighted by Crippen LogP contribution is 2.40. The van der Waals surface area contributed by atoms with Crippen LogP contribution >= 0.6 is 11.3 Å². The summed E-state index contributed by atoms with van der Waals surface area (Å²) in [6, 6.07) is 4.51. The van der Waals surface area contributed by atoms with Crippen molar-refractivity contribution in [3.63, 3.8) is 0 Å². The minimum atomic E-state index is 0.484. The fraction of sp³-hybridized carbons (Fsp3) is 0.667. The topological polar surface area (TPSA) is 3.24 Å². The zero-order chi connectivity index (χ0) is 10.0. The van der Waals surface area contributed by atoms with Crippen LogP contribution in [0.4, 0.5) is 0 Å². The predicted octanol–water partition coefficient (Wildman–Crippen LogP) is 3.12. The molecule has 1 unspecified atom stereocenters. The molecule has 1 saturated heterocycles. The van der Waals surface area contributed by atoms with E-state index < -0.39 is 0 Å². The van der Waals surface area contributed by atoms with Crippen LogP contribution in [-0.4, -0.2) is 25.0 Å². The molecule has 2 heterocycles. The zero-order valence-electron chi connectivity index (χ0n) is 9.12. The fourth-order valence-electron chi connectivity index (χ4n) is 2.67. The normalized spacial score (nSPS) is 28.4. The fourth-order valence-corrected chi connectivity index (χ4v) is 3.65. The first-order valence-corrected chi connectivity index (χ1v) is 6.37. The van der Waals surface area contributed by atoms with Gasteiger partial charge in [0.1, 0.15) is 0 Å². The molecule has 2 heteroatoms. The number of thiophene rings is 1. The molecule has 0 aromatic carbocycles. The van der Waals surface area contributed by atoms with Crippen LogP contribution in [0, 0.1) is 0 Å². The Hall–Kier alpha value is -0.340. The van der Waals surface area contributed by atoms with Crippen LogP contribution in [0.2, 0.25) is 0 Å². The van der Waals surface area contributed by atoms with E-state index in [0.29, 0.717) is 5.41 Å². The Morgan fingerprint density at radius 1 is 1.57 bits per heavy atom. The molecule has 1 aliphatic rings. The lowest BCUT2D eigenvalue weighted by Gasteiger charge is -2.27. The standard InChI is InChI=1S/C12H19NS/c1-3-6-12(7-8-13(2)10-12)11-5-4-9-14-11/h4-5,9H,3,6-8,10H2,1-2H3. The van der Waals surface area contributed by atoms with E-state index in [1.165, 1.54) is 32.4 Å². The Kier molecular flexibility index (Phi) is 2.93. The largest absolute Gasteiger partial charge is 0.305 e. The van der Waals surface area contributed by atoms with Crippen molar-refractivity contribution in [2.75, 3.05) is 20.1 Å². The third-order valence-electron chi connectivity index (χ3n) is 3.32. The van der Waals surface area contributed by atoms with E-state index in [4.69, 9.17) is 0 Å². The van der Waals surface area contributed by atoms with Gasteiger partial charge >= 0.3 is 0 Å². The summed E-state index contributed by atoms with van der Waals surface area (Å²) in [7, 11) is 2.24. The molecular weight excluding hydrogens is 190 g/mol. The number of nitrogens with zero attached hydrogens (tertiary/aromatic N) is 1. The average molecular weight is 209 g/mol. The highest BCUT2D eigenvalue weighted by atomic mass is 32.1. The van der Waals surface area contributed by atoms with Gasteiger partial charge in [0.25, 0.3) is 0 Å². The summed E-state index contributed by atoms with van der Waals surface area (Å²) in [5.74, 6) is 0. The van der Waals surface area contributed by atoms with Crippen LogP contribution in [0.5, 0.6) is 0 Å². The maximum Gasteiger partial charge on any atom is 0.0186 e. The number of hydrogen-bond donors (Lipinski definition) is 0. The molecule has 1 aliphatic heterocycles. The molecular formula is C12H19NS. The summed E-state index contributed by atoms with van der Waals surface area (Å²) in [6.07, 6.45) is 3.99. The molecule has 1 nitrogen and oxygen atoms in total. The van der Waals surface area contributed by atoms with E-state index in [0.717, 1.165) is 0 Å². The van der Waals surface area contributed by atoms with Gasteiger partial charge in [-0.3, -0.25) is 0 Å². The van der Waals surface area contributed by atoms with Crippen molar-refractivity contribution in [1.82, 2.24) is 4.90 Å². The van der Waals surface area contributed by atoms with Gasteiger partial charge in [-0.2, -0.15) is 0 Å².